The maximum atomic E-state index is 13.1. The summed E-state index contributed by atoms with van der Waals surface area (Å²) in [6, 6.07) is 15.8. The molecule has 164 valence electrons. The lowest BCUT2D eigenvalue weighted by molar-refractivity contribution is -0.118. The van der Waals surface area contributed by atoms with Gasteiger partial charge in [0.15, 0.2) is 0 Å². The number of hydrogen-bond donors (Lipinski definition) is 2. The van der Waals surface area contributed by atoms with E-state index in [9.17, 15) is 9.59 Å². The van der Waals surface area contributed by atoms with Crippen LogP contribution in [0.15, 0.2) is 53.5 Å². The van der Waals surface area contributed by atoms with Gasteiger partial charge in [0.05, 0.1) is 16.7 Å². The van der Waals surface area contributed by atoms with Gasteiger partial charge in [-0.2, -0.15) is 0 Å². The average molecular weight is 431 g/mol. The van der Waals surface area contributed by atoms with E-state index in [0.717, 1.165) is 29.4 Å². The summed E-state index contributed by atoms with van der Waals surface area (Å²) in [6.45, 7) is 1.89. The van der Waals surface area contributed by atoms with E-state index in [4.69, 9.17) is 4.98 Å². The monoisotopic (exact) mass is 430 g/mol. The fourth-order valence-corrected chi connectivity index (χ4v) is 4.45. The molecule has 0 atom stereocenters. The number of nitrogens with zero attached hydrogens (tertiary/aromatic N) is 4. The minimum absolute atomic E-state index is 0.0902. The molecule has 1 aromatic heterocycles. The van der Waals surface area contributed by atoms with Crippen LogP contribution in [0.3, 0.4) is 0 Å². The highest BCUT2D eigenvalue weighted by atomic mass is 16.2. The number of carbonyl (C=O) groups excluding carboxylic acids is 2. The largest absolute Gasteiger partial charge is 0.307 e. The highest BCUT2D eigenvalue weighted by Gasteiger charge is 2.28. The standard InChI is InChI=1S/C24H26N6O2/c1-16-11-13-18(14-12-16)30-21(31)15-25-22(28-30)23(32)27-24-26-19-9-5-6-10-20(19)29(24)17-7-3-2-4-8-17/h5-6,9-14,17H,2-4,7-8,15H2,1H3,(H,25,28)(H,26,27,32). The van der Waals surface area contributed by atoms with E-state index in [1.54, 1.807) is 0 Å². The van der Waals surface area contributed by atoms with Crippen LogP contribution < -0.4 is 15.8 Å². The molecule has 1 aliphatic carbocycles. The fraction of sp³-hybridized carbons (Fsp3) is 0.333. The molecule has 2 N–H and O–H groups in total. The molecule has 0 saturated heterocycles. The van der Waals surface area contributed by atoms with E-state index in [2.05, 4.69) is 20.3 Å². The summed E-state index contributed by atoms with van der Waals surface area (Å²) in [7, 11) is 0. The lowest BCUT2D eigenvalue weighted by Crippen LogP contribution is -2.54. The molecule has 1 aliphatic heterocycles. The summed E-state index contributed by atoms with van der Waals surface area (Å²) in [5.74, 6) is -0.0272. The molecule has 1 fully saturated rings. The molecule has 2 aliphatic rings. The van der Waals surface area contributed by atoms with Crippen LogP contribution in [0, 0.1) is 6.92 Å². The van der Waals surface area contributed by atoms with Crippen LogP contribution in [0.25, 0.3) is 11.0 Å². The Morgan fingerprint density at radius 3 is 2.59 bits per heavy atom. The molecule has 5 rings (SSSR count). The summed E-state index contributed by atoms with van der Waals surface area (Å²) in [5.41, 5.74) is 6.50. The first kappa shape index (κ1) is 20.2. The Morgan fingerprint density at radius 2 is 1.81 bits per heavy atom. The Labute approximate surface area is 186 Å². The van der Waals surface area contributed by atoms with Crippen LogP contribution in [0.4, 0.5) is 11.6 Å². The number of nitrogens with one attached hydrogen (secondary N) is 2. The Morgan fingerprint density at radius 1 is 1.06 bits per heavy atom. The first-order valence-electron chi connectivity index (χ1n) is 11.1. The van der Waals surface area contributed by atoms with Crippen LogP contribution in [-0.4, -0.2) is 33.7 Å². The second-order valence-corrected chi connectivity index (χ2v) is 8.38. The summed E-state index contributed by atoms with van der Waals surface area (Å²) in [5, 5.41) is 4.31. The highest BCUT2D eigenvalue weighted by Crippen LogP contribution is 2.34. The molecule has 2 amide bonds. The van der Waals surface area contributed by atoms with Crippen LogP contribution in [0.5, 0.6) is 0 Å². The molecule has 3 aromatic rings. The number of fused-ring (bicyclic) bond motifs is 1. The SMILES string of the molecule is Cc1ccc(N2NC(C(=O)Nc3nc4ccccc4n3C3CCCCC3)=NCC2=O)cc1. The predicted molar refractivity (Wildman–Crippen MR) is 125 cm³/mol. The molecular weight excluding hydrogens is 404 g/mol. The van der Waals surface area contributed by atoms with Crippen LogP contribution in [-0.2, 0) is 9.59 Å². The first-order chi connectivity index (χ1) is 15.6. The molecule has 1 saturated carbocycles. The van der Waals surface area contributed by atoms with Crippen molar-refractivity contribution in [3.63, 3.8) is 0 Å². The number of aryl methyl sites for hydroxylation is 1. The van der Waals surface area contributed by atoms with Crippen molar-refractivity contribution in [1.82, 2.24) is 15.0 Å². The number of aliphatic imine (C=N–C) groups is 1. The summed E-state index contributed by atoms with van der Waals surface area (Å²) < 4.78 is 2.15. The van der Waals surface area contributed by atoms with Crippen LogP contribution >= 0.6 is 0 Å². The summed E-state index contributed by atoms with van der Waals surface area (Å²) >= 11 is 0. The Kier molecular flexibility index (Phi) is 5.34. The van der Waals surface area contributed by atoms with Crippen molar-refractivity contribution in [2.75, 3.05) is 16.9 Å². The van der Waals surface area contributed by atoms with Gasteiger partial charge in [-0.05, 0) is 44.0 Å². The Hall–Kier alpha value is -3.68. The highest BCUT2D eigenvalue weighted by molar-refractivity contribution is 6.43. The van der Waals surface area contributed by atoms with Gasteiger partial charge in [-0.25, -0.2) is 9.99 Å². The van der Waals surface area contributed by atoms with Crippen LogP contribution in [0.2, 0.25) is 0 Å². The summed E-state index contributed by atoms with van der Waals surface area (Å²) in [4.78, 5) is 34.4. The third kappa shape index (κ3) is 3.84. The van der Waals surface area contributed by atoms with Crippen molar-refractivity contribution >= 4 is 40.3 Å². The third-order valence-electron chi connectivity index (χ3n) is 6.11. The molecule has 0 spiro atoms. The van der Waals surface area contributed by atoms with Crippen molar-refractivity contribution in [3.05, 3.63) is 54.1 Å². The molecule has 2 heterocycles. The fourth-order valence-electron chi connectivity index (χ4n) is 4.45. The third-order valence-corrected chi connectivity index (χ3v) is 6.11. The van der Waals surface area contributed by atoms with Gasteiger partial charge in [-0.15, -0.1) is 0 Å². The Bertz CT molecular complexity index is 1190. The quantitative estimate of drug-likeness (QED) is 0.660. The topological polar surface area (TPSA) is 91.6 Å². The number of rotatable bonds is 4. The number of imidazole rings is 1. The number of anilines is 2. The van der Waals surface area contributed by atoms with Gasteiger partial charge in [0.25, 0.3) is 11.8 Å². The lowest BCUT2D eigenvalue weighted by atomic mass is 9.95. The Balaban J connectivity index is 1.41. The van der Waals surface area contributed by atoms with Crippen molar-refractivity contribution in [2.24, 2.45) is 4.99 Å². The van der Waals surface area contributed by atoms with Crippen LogP contribution in [0.1, 0.15) is 43.7 Å². The maximum Gasteiger partial charge on any atom is 0.294 e. The second kappa shape index (κ2) is 8.45. The predicted octanol–water partition coefficient (Wildman–Crippen LogP) is 3.74. The number of para-hydroxylation sites is 2. The number of hydrazine groups is 1. The molecule has 8 heteroatoms. The average Bonchev–Trinajstić information content (AvgIpc) is 3.18. The number of hydrogen-bond acceptors (Lipinski definition) is 5. The van der Waals surface area contributed by atoms with Crippen molar-refractivity contribution < 1.29 is 9.59 Å². The van der Waals surface area contributed by atoms with E-state index >= 15 is 0 Å². The van der Waals surface area contributed by atoms with Gasteiger partial charge in [0.2, 0.25) is 11.8 Å². The van der Waals surface area contributed by atoms with Gasteiger partial charge in [0.1, 0.15) is 6.54 Å². The van der Waals surface area contributed by atoms with Gasteiger partial charge in [0, 0.05) is 6.04 Å². The van der Waals surface area contributed by atoms with Crippen molar-refractivity contribution in [3.8, 4) is 0 Å². The smallest absolute Gasteiger partial charge is 0.294 e. The number of aromatic nitrogens is 2. The van der Waals surface area contributed by atoms with Gasteiger partial charge in [-0.3, -0.25) is 25.3 Å². The lowest BCUT2D eigenvalue weighted by Gasteiger charge is -2.28. The van der Waals surface area contributed by atoms with E-state index in [1.165, 1.54) is 24.3 Å². The minimum Gasteiger partial charge on any atom is -0.307 e. The number of benzene rings is 2. The van der Waals surface area contributed by atoms with Gasteiger partial charge < -0.3 is 4.57 Å². The number of amides is 2. The molecule has 32 heavy (non-hydrogen) atoms. The van der Waals surface area contributed by atoms with Gasteiger partial charge >= 0.3 is 0 Å². The zero-order chi connectivity index (χ0) is 22.1. The number of amidine groups is 1. The normalized spacial score (nSPS) is 17.2. The maximum absolute atomic E-state index is 13.1. The van der Waals surface area contributed by atoms with Gasteiger partial charge in [-0.1, -0.05) is 49.1 Å². The molecule has 2 aromatic carbocycles. The molecule has 0 radical (unpaired) electrons. The zero-order valence-corrected chi connectivity index (χ0v) is 18.0. The minimum atomic E-state index is -0.415. The molecule has 0 unspecified atom stereocenters. The van der Waals surface area contributed by atoms with Crippen molar-refractivity contribution in [1.29, 1.82) is 0 Å². The van der Waals surface area contributed by atoms with E-state index in [0.29, 0.717) is 17.7 Å². The zero-order valence-electron chi connectivity index (χ0n) is 18.0. The van der Waals surface area contributed by atoms with E-state index in [1.807, 2.05) is 55.5 Å². The molecular formula is C24H26N6O2. The first-order valence-corrected chi connectivity index (χ1v) is 11.1. The second-order valence-electron chi connectivity index (χ2n) is 8.38. The van der Waals surface area contributed by atoms with Crippen molar-refractivity contribution in [2.45, 2.75) is 45.1 Å². The van der Waals surface area contributed by atoms with E-state index in [-0.39, 0.29) is 18.3 Å². The number of carbonyl (C=O) groups is 2. The van der Waals surface area contributed by atoms with E-state index < -0.39 is 5.91 Å². The molecule has 8 nitrogen and oxygen atoms in total. The molecule has 0 bridgehead atoms. The summed E-state index contributed by atoms with van der Waals surface area (Å²) in [6.07, 6.45) is 5.73.